The van der Waals surface area contributed by atoms with Gasteiger partial charge in [0.25, 0.3) is 5.91 Å². The van der Waals surface area contributed by atoms with Crippen molar-refractivity contribution >= 4 is 34.8 Å². The number of ether oxygens (including phenoxy) is 1. The monoisotopic (exact) mass is 323 g/mol. The number of halogens is 2. The van der Waals surface area contributed by atoms with E-state index in [2.05, 4.69) is 5.32 Å². The van der Waals surface area contributed by atoms with Crippen LogP contribution in [0.3, 0.4) is 0 Å². The number of aryl methyl sites for hydroxylation is 1. The summed E-state index contributed by atoms with van der Waals surface area (Å²) in [7, 11) is 0. The fraction of sp³-hybridized carbons (Fsp3) is 0.188. The van der Waals surface area contributed by atoms with Crippen LogP contribution in [0.4, 0.5) is 5.69 Å². The molecule has 110 valence electrons. The molecule has 0 bridgehead atoms. The second-order valence-electron chi connectivity index (χ2n) is 4.72. The van der Waals surface area contributed by atoms with E-state index in [-0.39, 0.29) is 5.91 Å². The Hall–Kier alpha value is -1.71. The Morgan fingerprint density at radius 3 is 2.24 bits per heavy atom. The first kappa shape index (κ1) is 15.7. The molecule has 1 amide bonds. The molecule has 0 saturated heterocycles. The van der Waals surface area contributed by atoms with Gasteiger partial charge >= 0.3 is 0 Å². The van der Waals surface area contributed by atoms with E-state index in [1.54, 1.807) is 25.1 Å². The molecule has 0 aromatic heterocycles. The Balaban J connectivity index is 2.00. The van der Waals surface area contributed by atoms with Gasteiger partial charge in [0.05, 0.1) is 0 Å². The molecule has 0 aliphatic heterocycles. The number of benzene rings is 2. The zero-order valence-electron chi connectivity index (χ0n) is 11.7. The van der Waals surface area contributed by atoms with Crippen LogP contribution in [0.1, 0.15) is 12.5 Å². The lowest BCUT2D eigenvalue weighted by Gasteiger charge is -2.15. The van der Waals surface area contributed by atoms with Gasteiger partial charge in [-0.25, -0.2) is 0 Å². The minimum atomic E-state index is -0.666. The quantitative estimate of drug-likeness (QED) is 0.885. The van der Waals surface area contributed by atoms with Crippen LogP contribution in [-0.4, -0.2) is 12.0 Å². The van der Waals surface area contributed by atoms with E-state index in [0.717, 1.165) is 11.3 Å². The zero-order chi connectivity index (χ0) is 15.4. The standard InChI is InChI=1S/C16H15Cl2NO2/c1-10-3-5-14(6-4-10)19-16(20)11(2)21-15-8-12(17)7-13(18)9-15/h3-9,11H,1-2H3,(H,19,20)/t11-/m1/s1. The van der Waals surface area contributed by atoms with Crippen molar-refractivity contribution in [3.63, 3.8) is 0 Å². The lowest BCUT2D eigenvalue weighted by molar-refractivity contribution is -0.122. The number of hydrogen-bond acceptors (Lipinski definition) is 2. The van der Waals surface area contributed by atoms with Crippen molar-refractivity contribution in [3.05, 3.63) is 58.1 Å². The van der Waals surface area contributed by atoms with Gasteiger partial charge in [-0.1, -0.05) is 40.9 Å². The third kappa shape index (κ3) is 4.66. The molecule has 5 heteroatoms. The van der Waals surface area contributed by atoms with E-state index in [4.69, 9.17) is 27.9 Å². The number of carbonyl (C=O) groups is 1. The minimum Gasteiger partial charge on any atom is -0.481 e. The molecule has 1 atom stereocenters. The Morgan fingerprint density at radius 1 is 1.10 bits per heavy atom. The number of hydrogen-bond donors (Lipinski definition) is 1. The van der Waals surface area contributed by atoms with Crippen LogP contribution < -0.4 is 10.1 Å². The Kier molecular flexibility index (Phi) is 5.10. The van der Waals surface area contributed by atoms with Crippen molar-refractivity contribution in [1.29, 1.82) is 0 Å². The first-order chi connectivity index (χ1) is 9.94. The molecular formula is C16H15Cl2NO2. The first-order valence-electron chi connectivity index (χ1n) is 6.44. The van der Waals surface area contributed by atoms with Gasteiger partial charge in [0, 0.05) is 15.7 Å². The average Bonchev–Trinajstić information content (AvgIpc) is 2.40. The summed E-state index contributed by atoms with van der Waals surface area (Å²) in [5, 5.41) is 3.71. The molecule has 1 N–H and O–H groups in total. The largest absolute Gasteiger partial charge is 0.481 e. The number of carbonyl (C=O) groups excluding carboxylic acids is 1. The molecule has 0 radical (unpaired) electrons. The molecule has 2 rings (SSSR count). The van der Waals surface area contributed by atoms with E-state index in [1.165, 1.54) is 0 Å². The van der Waals surface area contributed by atoms with Gasteiger partial charge in [-0.2, -0.15) is 0 Å². The highest BCUT2D eigenvalue weighted by atomic mass is 35.5. The number of amides is 1. The van der Waals surface area contributed by atoms with Crippen LogP contribution >= 0.6 is 23.2 Å². The summed E-state index contributed by atoms with van der Waals surface area (Å²) in [5.41, 5.74) is 1.86. The molecule has 0 spiro atoms. The predicted octanol–water partition coefficient (Wildman–Crippen LogP) is 4.71. The van der Waals surface area contributed by atoms with Crippen molar-refractivity contribution in [1.82, 2.24) is 0 Å². The van der Waals surface area contributed by atoms with Gasteiger partial charge in [0.1, 0.15) is 5.75 Å². The van der Waals surface area contributed by atoms with Crippen molar-refractivity contribution in [2.75, 3.05) is 5.32 Å². The van der Waals surface area contributed by atoms with Crippen molar-refractivity contribution in [2.45, 2.75) is 20.0 Å². The van der Waals surface area contributed by atoms with Gasteiger partial charge in [-0.05, 0) is 44.2 Å². The maximum absolute atomic E-state index is 12.1. The number of rotatable bonds is 4. The number of nitrogens with one attached hydrogen (secondary N) is 1. The molecular weight excluding hydrogens is 309 g/mol. The second-order valence-corrected chi connectivity index (χ2v) is 5.59. The molecule has 0 fully saturated rings. The molecule has 2 aromatic rings. The fourth-order valence-corrected chi connectivity index (χ4v) is 2.24. The van der Waals surface area contributed by atoms with Crippen LogP contribution in [0, 0.1) is 6.92 Å². The second kappa shape index (κ2) is 6.83. The SMILES string of the molecule is Cc1ccc(NC(=O)[C@@H](C)Oc2cc(Cl)cc(Cl)c2)cc1. The van der Waals surface area contributed by atoms with Crippen LogP contribution in [0.25, 0.3) is 0 Å². The van der Waals surface area contributed by atoms with Crippen LogP contribution in [0.15, 0.2) is 42.5 Å². The van der Waals surface area contributed by atoms with E-state index < -0.39 is 6.10 Å². The smallest absolute Gasteiger partial charge is 0.265 e. The molecule has 0 aliphatic rings. The van der Waals surface area contributed by atoms with Crippen molar-refractivity contribution in [2.24, 2.45) is 0 Å². The van der Waals surface area contributed by atoms with Crippen LogP contribution in [-0.2, 0) is 4.79 Å². The fourth-order valence-electron chi connectivity index (χ4n) is 1.73. The van der Waals surface area contributed by atoms with E-state index in [0.29, 0.717) is 15.8 Å². The Bertz CT molecular complexity index is 621. The normalized spacial score (nSPS) is 11.8. The van der Waals surface area contributed by atoms with Crippen LogP contribution in [0.2, 0.25) is 10.0 Å². The van der Waals surface area contributed by atoms with Gasteiger partial charge in [-0.3, -0.25) is 4.79 Å². The summed E-state index contributed by atoms with van der Waals surface area (Å²) >= 11 is 11.8. The summed E-state index contributed by atoms with van der Waals surface area (Å²) in [6.07, 6.45) is -0.666. The van der Waals surface area contributed by atoms with Gasteiger partial charge < -0.3 is 10.1 Å². The molecule has 0 aliphatic carbocycles. The van der Waals surface area contributed by atoms with Crippen molar-refractivity contribution in [3.8, 4) is 5.75 Å². The predicted molar refractivity (Wildman–Crippen MR) is 86.4 cm³/mol. The van der Waals surface area contributed by atoms with Crippen LogP contribution in [0.5, 0.6) is 5.75 Å². The van der Waals surface area contributed by atoms with Gasteiger partial charge in [-0.15, -0.1) is 0 Å². The Labute approximate surface area is 133 Å². The highest BCUT2D eigenvalue weighted by molar-refractivity contribution is 6.34. The third-order valence-corrected chi connectivity index (χ3v) is 3.27. The highest BCUT2D eigenvalue weighted by Gasteiger charge is 2.15. The topological polar surface area (TPSA) is 38.3 Å². The molecule has 0 saturated carbocycles. The van der Waals surface area contributed by atoms with E-state index >= 15 is 0 Å². The van der Waals surface area contributed by atoms with E-state index in [1.807, 2.05) is 31.2 Å². The average molecular weight is 324 g/mol. The van der Waals surface area contributed by atoms with Gasteiger partial charge in [0.2, 0.25) is 0 Å². The molecule has 21 heavy (non-hydrogen) atoms. The molecule has 0 heterocycles. The summed E-state index contributed by atoms with van der Waals surface area (Å²) in [4.78, 5) is 12.1. The maximum Gasteiger partial charge on any atom is 0.265 e. The highest BCUT2D eigenvalue weighted by Crippen LogP contribution is 2.25. The van der Waals surface area contributed by atoms with Crippen molar-refractivity contribution < 1.29 is 9.53 Å². The maximum atomic E-state index is 12.1. The molecule has 0 unspecified atom stereocenters. The molecule has 3 nitrogen and oxygen atoms in total. The summed E-state index contributed by atoms with van der Waals surface area (Å²) in [6.45, 7) is 3.65. The summed E-state index contributed by atoms with van der Waals surface area (Å²) in [6, 6.07) is 12.4. The number of anilines is 1. The van der Waals surface area contributed by atoms with Gasteiger partial charge in [0.15, 0.2) is 6.10 Å². The third-order valence-electron chi connectivity index (χ3n) is 2.84. The molecule has 2 aromatic carbocycles. The van der Waals surface area contributed by atoms with E-state index in [9.17, 15) is 4.79 Å². The summed E-state index contributed by atoms with van der Waals surface area (Å²) in [5.74, 6) is 0.217. The lowest BCUT2D eigenvalue weighted by atomic mass is 10.2. The minimum absolute atomic E-state index is 0.241. The zero-order valence-corrected chi connectivity index (χ0v) is 13.2. The Morgan fingerprint density at radius 2 is 1.67 bits per heavy atom. The lowest BCUT2D eigenvalue weighted by Crippen LogP contribution is -2.30. The first-order valence-corrected chi connectivity index (χ1v) is 7.20. The summed E-state index contributed by atoms with van der Waals surface area (Å²) < 4.78 is 5.55.